The van der Waals surface area contributed by atoms with Crippen LogP contribution < -0.4 is 5.32 Å². The molecule has 2 aromatic carbocycles. The highest BCUT2D eigenvalue weighted by atomic mass is 16.2. The van der Waals surface area contributed by atoms with Crippen LogP contribution in [0.4, 0.5) is 10.5 Å². The van der Waals surface area contributed by atoms with Gasteiger partial charge < -0.3 is 15.1 Å². The Labute approximate surface area is 185 Å². The zero-order valence-corrected chi connectivity index (χ0v) is 18.9. The second-order valence-electron chi connectivity index (χ2n) is 9.20. The van der Waals surface area contributed by atoms with Gasteiger partial charge in [-0.05, 0) is 69.7 Å². The van der Waals surface area contributed by atoms with Crippen LogP contribution in [0.3, 0.4) is 0 Å². The molecule has 4 rings (SSSR count). The topological polar surface area (TPSA) is 52.7 Å². The van der Waals surface area contributed by atoms with Gasteiger partial charge in [-0.25, -0.2) is 4.79 Å². The predicted octanol–water partition coefficient (Wildman–Crippen LogP) is 5.22. The number of likely N-dealkylation sites (tertiary alicyclic amines) is 2. The van der Waals surface area contributed by atoms with Crippen molar-refractivity contribution in [3.63, 3.8) is 0 Å². The Kier molecular flexibility index (Phi) is 6.30. The Morgan fingerprint density at radius 1 is 0.903 bits per heavy atom. The van der Waals surface area contributed by atoms with Gasteiger partial charge in [-0.2, -0.15) is 0 Å². The molecule has 31 heavy (non-hydrogen) atoms. The van der Waals surface area contributed by atoms with Gasteiger partial charge in [-0.1, -0.05) is 41.5 Å². The lowest BCUT2D eigenvalue weighted by molar-refractivity contribution is -0.137. The monoisotopic (exact) mass is 419 g/mol. The quantitative estimate of drug-likeness (QED) is 0.742. The number of urea groups is 1. The van der Waals surface area contributed by atoms with Gasteiger partial charge in [-0.15, -0.1) is 0 Å². The third kappa shape index (κ3) is 4.92. The van der Waals surface area contributed by atoms with Crippen LogP contribution in [-0.2, 0) is 4.79 Å². The van der Waals surface area contributed by atoms with Crippen molar-refractivity contribution in [3.8, 4) is 0 Å². The maximum absolute atomic E-state index is 13.5. The minimum Gasteiger partial charge on any atom is -0.335 e. The molecular formula is C26H33N3O2. The summed E-state index contributed by atoms with van der Waals surface area (Å²) in [5, 5.41) is 2.99. The number of carbonyl (C=O) groups excluding carboxylic acids is 2. The number of carbonyl (C=O) groups is 2. The van der Waals surface area contributed by atoms with Gasteiger partial charge in [0.15, 0.2) is 0 Å². The maximum Gasteiger partial charge on any atom is 0.321 e. The Morgan fingerprint density at radius 3 is 2.39 bits per heavy atom. The third-order valence-electron chi connectivity index (χ3n) is 6.49. The summed E-state index contributed by atoms with van der Waals surface area (Å²) in [6, 6.07) is 14.5. The zero-order chi connectivity index (χ0) is 22.0. The first-order valence-corrected chi connectivity index (χ1v) is 11.4. The first kappa shape index (κ1) is 21.4. The second kappa shape index (κ2) is 9.13. The van der Waals surface area contributed by atoms with Gasteiger partial charge in [0.05, 0.1) is 12.0 Å². The van der Waals surface area contributed by atoms with Crippen LogP contribution in [-0.4, -0.2) is 41.4 Å². The molecule has 0 aliphatic carbocycles. The molecule has 2 saturated heterocycles. The van der Waals surface area contributed by atoms with Crippen molar-refractivity contribution in [1.82, 2.24) is 9.80 Å². The molecule has 0 radical (unpaired) electrons. The Hall–Kier alpha value is -2.82. The first-order chi connectivity index (χ1) is 14.9. The molecule has 5 nitrogen and oxygen atoms in total. The van der Waals surface area contributed by atoms with Crippen LogP contribution in [0.5, 0.6) is 0 Å². The maximum atomic E-state index is 13.5. The van der Waals surface area contributed by atoms with E-state index in [9.17, 15) is 9.59 Å². The number of piperidine rings is 1. The molecule has 2 unspecified atom stereocenters. The predicted molar refractivity (Wildman–Crippen MR) is 124 cm³/mol. The van der Waals surface area contributed by atoms with Crippen molar-refractivity contribution < 1.29 is 9.59 Å². The van der Waals surface area contributed by atoms with E-state index >= 15 is 0 Å². The smallest absolute Gasteiger partial charge is 0.321 e. The number of aryl methyl sites for hydroxylation is 3. The van der Waals surface area contributed by atoms with Crippen LogP contribution >= 0.6 is 0 Å². The average molecular weight is 420 g/mol. The van der Waals surface area contributed by atoms with Crippen LogP contribution in [0.2, 0.25) is 0 Å². The third-order valence-corrected chi connectivity index (χ3v) is 6.49. The molecule has 164 valence electrons. The van der Waals surface area contributed by atoms with E-state index < -0.39 is 0 Å². The molecule has 2 aliphatic heterocycles. The van der Waals surface area contributed by atoms with Crippen LogP contribution in [0, 0.1) is 26.7 Å². The highest BCUT2D eigenvalue weighted by Crippen LogP contribution is 2.35. The highest BCUT2D eigenvalue weighted by Gasteiger charge is 2.36. The summed E-state index contributed by atoms with van der Waals surface area (Å²) < 4.78 is 0. The Balaban J connectivity index is 1.43. The second-order valence-corrected chi connectivity index (χ2v) is 9.20. The summed E-state index contributed by atoms with van der Waals surface area (Å²) in [6.45, 7) is 8.23. The molecule has 0 aromatic heterocycles. The van der Waals surface area contributed by atoms with Gasteiger partial charge >= 0.3 is 6.03 Å². The average Bonchev–Trinajstić information content (AvgIpc) is 3.22. The van der Waals surface area contributed by atoms with Crippen molar-refractivity contribution in [2.75, 3.05) is 25.0 Å². The van der Waals surface area contributed by atoms with Gasteiger partial charge in [0, 0.05) is 25.3 Å². The van der Waals surface area contributed by atoms with Gasteiger partial charge in [0.2, 0.25) is 5.91 Å². The lowest BCUT2D eigenvalue weighted by atomic mass is 9.95. The lowest BCUT2D eigenvalue weighted by Gasteiger charge is -2.36. The molecule has 2 aromatic rings. The molecule has 3 amide bonds. The first-order valence-electron chi connectivity index (χ1n) is 11.4. The van der Waals surface area contributed by atoms with Crippen LogP contribution in [0.15, 0.2) is 42.5 Å². The Bertz CT molecular complexity index is 951. The lowest BCUT2D eigenvalue weighted by Crippen LogP contribution is -2.47. The van der Waals surface area contributed by atoms with Crippen molar-refractivity contribution in [1.29, 1.82) is 0 Å². The standard InChI is InChI=1S/C26H33N3O2/c1-18-7-4-9-23(16-18)27-26(31)28-11-5-8-21(17-28)25(30)29-12-6-10-24(29)22-14-19(2)13-20(3)15-22/h4,7,9,13-16,21,24H,5-6,8,10-12,17H2,1-3H3,(H,27,31). The number of hydrogen-bond acceptors (Lipinski definition) is 2. The molecular weight excluding hydrogens is 386 g/mol. The highest BCUT2D eigenvalue weighted by molar-refractivity contribution is 5.90. The molecule has 0 saturated carbocycles. The molecule has 0 spiro atoms. The summed E-state index contributed by atoms with van der Waals surface area (Å²) in [5.74, 6) is 0.0817. The molecule has 5 heteroatoms. The molecule has 2 atom stereocenters. The normalized spacial score (nSPS) is 21.3. The molecule has 1 N–H and O–H groups in total. The zero-order valence-electron chi connectivity index (χ0n) is 18.9. The molecule has 0 bridgehead atoms. The van der Waals surface area contributed by atoms with E-state index in [4.69, 9.17) is 0 Å². The summed E-state index contributed by atoms with van der Waals surface area (Å²) in [6.07, 6.45) is 3.76. The number of nitrogens with zero attached hydrogens (tertiary/aromatic N) is 2. The number of hydrogen-bond donors (Lipinski definition) is 1. The van der Waals surface area contributed by atoms with Crippen molar-refractivity contribution in [3.05, 3.63) is 64.7 Å². The SMILES string of the molecule is Cc1cccc(NC(=O)N2CCCC(C(=O)N3CCCC3c3cc(C)cc(C)c3)C2)c1. The van der Waals surface area contributed by atoms with Gasteiger partial charge in [0.1, 0.15) is 0 Å². The number of amides is 3. The van der Waals surface area contributed by atoms with E-state index in [-0.39, 0.29) is 23.9 Å². The van der Waals surface area contributed by atoms with E-state index in [1.165, 1.54) is 16.7 Å². The van der Waals surface area contributed by atoms with Crippen molar-refractivity contribution >= 4 is 17.6 Å². The number of nitrogens with one attached hydrogen (secondary N) is 1. The van der Waals surface area contributed by atoms with Crippen molar-refractivity contribution in [2.45, 2.75) is 52.5 Å². The minimum absolute atomic E-state index is 0.115. The summed E-state index contributed by atoms with van der Waals surface area (Å²) >= 11 is 0. The molecule has 2 aliphatic rings. The molecule has 2 fully saturated rings. The van der Waals surface area contributed by atoms with Gasteiger partial charge in [-0.3, -0.25) is 4.79 Å². The van der Waals surface area contributed by atoms with E-state index in [2.05, 4.69) is 42.3 Å². The van der Waals surface area contributed by atoms with E-state index in [0.29, 0.717) is 13.1 Å². The van der Waals surface area contributed by atoms with Gasteiger partial charge in [0.25, 0.3) is 0 Å². The fourth-order valence-corrected chi connectivity index (χ4v) is 5.10. The van der Waals surface area contributed by atoms with E-state index in [1.807, 2.05) is 31.2 Å². The van der Waals surface area contributed by atoms with Crippen LogP contribution in [0.1, 0.15) is 54.0 Å². The molecule has 2 heterocycles. The number of anilines is 1. The van der Waals surface area contributed by atoms with E-state index in [1.54, 1.807) is 4.90 Å². The minimum atomic E-state index is -0.122. The fourth-order valence-electron chi connectivity index (χ4n) is 5.10. The van der Waals surface area contributed by atoms with Crippen LogP contribution in [0.25, 0.3) is 0 Å². The van der Waals surface area contributed by atoms with E-state index in [0.717, 1.165) is 43.5 Å². The fraction of sp³-hybridized carbons (Fsp3) is 0.462. The summed E-state index contributed by atoms with van der Waals surface area (Å²) in [4.78, 5) is 30.2. The summed E-state index contributed by atoms with van der Waals surface area (Å²) in [5.41, 5.74) is 5.63. The van der Waals surface area contributed by atoms with Crippen molar-refractivity contribution in [2.24, 2.45) is 5.92 Å². The largest absolute Gasteiger partial charge is 0.335 e. The number of benzene rings is 2. The Morgan fingerprint density at radius 2 is 1.65 bits per heavy atom. The number of rotatable bonds is 3. The summed E-state index contributed by atoms with van der Waals surface area (Å²) in [7, 11) is 0.